The van der Waals surface area contributed by atoms with Crippen molar-refractivity contribution in [2.75, 3.05) is 7.05 Å². The molecule has 4 atom stereocenters. The molecule has 2 aromatic rings. The third-order valence-electron chi connectivity index (χ3n) is 8.43. The lowest BCUT2D eigenvalue weighted by atomic mass is 9.58. The Morgan fingerprint density at radius 1 is 1.11 bits per heavy atom. The van der Waals surface area contributed by atoms with Crippen molar-refractivity contribution in [1.29, 1.82) is 0 Å². The van der Waals surface area contributed by atoms with E-state index < -0.39 is 13.0 Å². The van der Waals surface area contributed by atoms with Crippen molar-refractivity contribution in [3.05, 3.63) is 58.7 Å². The Morgan fingerprint density at radius 2 is 1.86 bits per heavy atom. The molecule has 0 bridgehead atoms. The Hall–Kier alpha value is -2.90. The van der Waals surface area contributed by atoms with Gasteiger partial charge in [-0.15, -0.1) is 0 Å². The number of fused-ring (bicyclic) bond motifs is 4. The Morgan fingerprint density at radius 3 is 2.58 bits per heavy atom. The van der Waals surface area contributed by atoms with Crippen molar-refractivity contribution in [3.8, 4) is 5.75 Å². The van der Waals surface area contributed by atoms with E-state index in [2.05, 4.69) is 19.9 Å². The first-order chi connectivity index (χ1) is 17.3. The van der Waals surface area contributed by atoms with Crippen LogP contribution in [0.5, 0.6) is 5.75 Å². The molecule has 2 amide bonds. The van der Waals surface area contributed by atoms with E-state index >= 15 is 0 Å². The minimum Gasteiger partial charge on any atom is -0.507 e. The number of aromatic hydroxyl groups is 1. The van der Waals surface area contributed by atoms with Crippen molar-refractivity contribution in [2.45, 2.75) is 58.4 Å². The molecule has 0 saturated carbocycles. The van der Waals surface area contributed by atoms with Crippen LogP contribution in [0.3, 0.4) is 0 Å². The van der Waals surface area contributed by atoms with Gasteiger partial charge in [0.05, 0.1) is 17.9 Å². The third kappa shape index (κ3) is 4.18. The highest BCUT2D eigenvalue weighted by Crippen LogP contribution is 2.51. The highest BCUT2D eigenvalue weighted by atomic mass is 16.5. The lowest BCUT2D eigenvalue weighted by Gasteiger charge is -2.43. The molecule has 2 heterocycles. The third-order valence-corrected chi connectivity index (χ3v) is 8.43. The molecule has 36 heavy (non-hydrogen) atoms. The van der Waals surface area contributed by atoms with Gasteiger partial charge in [0.1, 0.15) is 5.75 Å². The molecule has 7 heteroatoms. The van der Waals surface area contributed by atoms with E-state index in [0.717, 1.165) is 41.2 Å². The number of carbonyl (C=O) groups is 2. The van der Waals surface area contributed by atoms with E-state index in [4.69, 9.17) is 4.65 Å². The fourth-order valence-corrected chi connectivity index (χ4v) is 6.58. The standard InChI is InChI=1S/C29H34BNO5/c1-4-17(14-19-11-12-24(32)21-9-7-6-8-20(19)21)10-13-25-26-18(5-2)15-22-27(23(26)16-30(35)36-25)29(34)31(3)28(22)33/h6-9,11-12,14,22-23,25,27,32,35H,4-5,10,13,15-16H2,1-3H3/b17-14+/t22-,23+,25-,27-/m1/s1. The van der Waals surface area contributed by atoms with Crippen LogP contribution in [0.1, 0.15) is 51.5 Å². The van der Waals surface area contributed by atoms with Gasteiger partial charge in [0, 0.05) is 12.4 Å². The smallest absolute Gasteiger partial charge is 0.455 e. The number of carbonyl (C=O) groups excluding carboxylic acids is 2. The molecule has 2 saturated heterocycles. The number of hydrogen-bond acceptors (Lipinski definition) is 5. The second-order valence-electron chi connectivity index (χ2n) is 10.3. The van der Waals surface area contributed by atoms with Crippen LogP contribution in [0.15, 0.2) is 53.1 Å². The van der Waals surface area contributed by atoms with E-state index in [1.165, 1.54) is 16.0 Å². The molecular formula is C29H34BNO5. The zero-order chi connectivity index (χ0) is 25.6. The predicted octanol–water partition coefficient (Wildman–Crippen LogP) is 4.96. The number of likely N-dealkylation sites (tertiary alicyclic amines) is 1. The Kier molecular flexibility index (Phi) is 6.79. The maximum Gasteiger partial charge on any atom is 0.455 e. The van der Waals surface area contributed by atoms with Crippen LogP contribution >= 0.6 is 0 Å². The number of allylic oxidation sites excluding steroid dienone is 2. The summed E-state index contributed by atoms with van der Waals surface area (Å²) in [7, 11) is 0.636. The van der Waals surface area contributed by atoms with E-state index in [1.54, 1.807) is 13.1 Å². The van der Waals surface area contributed by atoms with Gasteiger partial charge in [-0.1, -0.05) is 61.4 Å². The fraction of sp³-hybridized carbons (Fsp3) is 0.448. The van der Waals surface area contributed by atoms with Gasteiger partial charge in [0.15, 0.2) is 0 Å². The van der Waals surface area contributed by atoms with E-state index in [0.29, 0.717) is 19.2 Å². The van der Waals surface area contributed by atoms with Crippen molar-refractivity contribution in [2.24, 2.45) is 17.8 Å². The van der Waals surface area contributed by atoms with Gasteiger partial charge in [0.2, 0.25) is 11.8 Å². The second-order valence-corrected chi connectivity index (χ2v) is 10.3. The number of benzene rings is 2. The summed E-state index contributed by atoms with van der Waals surface area (Å²) in [5.41, 5.74) is 4.67. The van der Waals surface area contributed by atoms with Crippen LogP contribution in [-0.2, 0) is 14.2 Å². The average Bonchev–Trinajstić information content (AvgIpc) is 3.10. The van der Waals surface area contributed by atoms with Gasteiger partial charge in [-0.05, 0) is 66.9 Å². The molecule has 0 spiro atoms. The molecule has 1 aliphatic carbocycles. The Bertz CT molecular complexity index is 1270. The monoisotopic (exact) mass is 487 g/mol. The number of amides is 2. The number of phenols is 1. The maximum absolute atomic E-state index is 13.0. The molecule has 2 N–H and O–H groups in total. The largest absolute Gasteiger partial charge is 0.507 e. The SMILES string of the molecule is CCC1=C2[C@@H](CC/C(=C/c3ccc(O)c4ccccc34)CC)OB(O)C[C@@H]2[C@@H]2C(=O)N(C)C(=O)[C@@H]2C1. The first kappa shape index (κ1) is 24.8. The molecule has 3 aliphatic rings. The summed E-state index contributed by atoms with van der Waals surface area (Å²) in [4.78, 5) is 27.0. The molecule has 0 aromatic heterocycles. The van der Waals surface area contributed by atoms with E-state index in [1.807, 2.05) is 30.3 Å². The minimum absolute atomic E-state index is 0.0927. The van der Waals surface area contributed by atoms with Gasteiger partial charge >= 0.3 is 7.12 Å². The molecule has 2 aromatic carbocycles. The van der Waals surface area contributed by atoms with Crippen LogP contribution < -0.4 is 0 Å². The number of hydrogen-bond donors (Lipinski definition) is 2. The summed E-state index contributed by atoms with van der Waals surface area (Å²) in [5, 5.41) is 22.7. The van der Waals surface area contributed by atoms with E-state index in [9.17, 15) is 19.7 Å². The number of nitrogens with zero attached hydrogens (tertiary/aromatic N) is 1. The van der Waals surface area contributed by atoms with Crippen LogP contribution in [0.25, 0.3) is 16.8 Å². The molecular weight excluding hydrogens is 453 g/mol. The van der Waals surface area contributed by atoms with Crippen molar-refractivity contribution in [3.63, 3.8) is 0 Å². The summed E-state index contributed by atoms with van der Waals surface area (Å²) in [6.07, 6.45) is 6.07. The van der Waals surface area contributed by atoms with Gasteiger partial charge < -0.3 is 14.8 Å². The quantitative estimate of drug-likeness (QED) is 0.342. The lowest BCUT2D eigenvalue weighted by Crippen LogP contribution is -2.46. The van der Waals surface area contributed by atoms with Crippen LogP contribution in [0, 0.1) is 17.8 Å². The lowest BCUT2D eigenvalue weighted by molar-refractivity contribution is -0.138. The molecule has 2 aliphatic heterocycles. The molecule has 0 radical (unpaired) electrons. The number of imide groups is 1. The van der Waals surface area contributed by atoms with Crippen LogP contribution in [0.4, 0.5) is 0 Å². The normalized spacial score (nSPS) is 26.6. The fourth-order valence-electron chi connectivity index (χ4n) is 6.58. The van der Waals surface area contributed by atoms with Gasteiger partial charge in [-0.2, -0.15) is 0 Å². The van der Waals surface area contributed by atoms with Gasteiger partial charge in [0.25, 0.3) is 0 Å². The molecule has 6 nitrogen and oxygen atoms in total. The average molecular weight is 487 g/mol. The molecule has 5 rings (SSSR count). The number of phenolic OH excluding ortho intramolecular Hbond substituents is 1. The van der Waals surface area contributed by atoms with Gasteiger partial charge in [-0.25, -0.2) is 0 Å². The van der Waals surface area contributed by atoms with Crippen molar-refractivity contribution in [1.82, 2.24) is 4.90 Å². The second kappa shape index (κ2) is 9.87. The zero-order valence-corrected chi connectivity index (χ0v) is 21.2. The summed E-state index contributed by atoms with van der Waals surface area (Å²) in [6.45, 7) is 4.23. The first-order valence-corrected chi connectivity index (χ1v) is 13.1. The highest BCUT2D eigenvalue weighted by molar-refractivity contribution is 6.43. The van der Waals surface area contributed by atoms with Crippen LogP contribution in [0.2, 0.25) is 6.32 Å². The van der Waals surface area contributed by atoms with Crippen molar-refractivity contribution < 1.29 is 24.4 Å². The topological polar surface area (TPSA) is 87.1 Å². The molecule has 188 valence electrons. The summed E-state index contributed by atoms with van der Waals surface area (Å²) in [5.74, 6) is -0.793. The predicted molar refractivity (Wildman–Crippen MR) is 141 cm³/mol. The van der Waals surface area contributed by atoms with Crippen LogP contribution in [-0.4, -0.2) is 47.1 Å². The zero-order valence-electron chi connectivity index (χ0n) is 21.2. The maximum atomic E-state index is 13.0. The van der Waals surface area contributed by atoms with Crippen molar-refractivity contribution >= 4 is 35.8 Å². The molecule has 0 unspecified atom stereocenters. The summed E-state index contributed by atoms with van der Waals surface area (Å²) < 4.78 is 6.08. The summed E-state index contributed by atoms with van der Waals surface area (Å²) >= 11 is 0. The molecule has 2 fully saturated rings. The first-order valence-electron chi connectivity index (χ1n) is 13.1. The minimum atomic E-state index is -0.940. The Labute approximate surface area is 212 Å². The number of rotatable bonds is 6. The van der Waals surface area contributed by atoms with Gasteiger partial charge in [-0.3, -0.25) is 14.5 Å². The Balaban J connectivity index is 1.43. The van der Waals surface area contributed by atoms with E-state index in [-0.39, 0.29) is 35.5 Å². The highest BCUT2D eigenvalue weighted by Gasteiger charge is 2.56. The summed E-state index contributed by atoms with van der Waals surface area (Å²) in [6, 6.07) is 11.5.